The number of rotatable bonds is 3. The summed E-state index contributed by atoms with van der Waals surface area (Å²) >= 11 is 0. The van der Waals surface area contributed by atoms with Gasteiger partial charge in [-0.05, 0) is 31.0 Å². The maximum Gasteiger partial charge on any atom is 0.329 e. The molecular formula is C12H13N5O2. The Morgan fingerprint density at radius 1 is 1.37 bits per heavy atom. The zero-order valence-corrected chi connectivity index (χ0v) is 10.5. The first-order valence-electron chi connectivity index (χ1n) is 5.58. The minimum absolute atomic E-state index is 0.0154. The van der Waals surface area contributed by atoms with Crippen LogP contribution in [0.1, 0.15) is 11.1 Å². The van der Waals surface area contributed by atoms with E-state index in [9.17, 15) is 10.1 Å². The van der Waals surface area contributed by atoms with E-state index in [-0.39, 0.29) is 17.5 Å². The van der Waals surface area contributed by atoms with Gasteiger partial charge in [0, 0.05) is 5.69 Å². The molecule has 3 N–H and O–H groups in total. The van der Waals surface area contributed by atoms with Crippen molar-refractivity contribution in [1.29, 1.82) is 0 Å². The van der Waals surface area contributed by atoms with Gasteiger partial charge in [0.1, 0.15) is 6.20 Å². The Morgan fingerprint density at radius 3 is 2.79 bits per heavy atom. The predicted molar refractivity (Wildman–Crippen MR) is 72.3 cm³/mol. The van der Waals surface area contributed by atoms with Gasteiger partial charge in [-0.1, -0.05) is 12.1 Å². The van der Waals surface area contributed by atoms with Crippen LogP contribution >= 0.6 is 0 Å². The first kappa shape index (κ1) is 12.7. The fourth-order valence-electron chi connectivity index (χ4n) is 1.61. The predicted octanol–water partition coefficient (Wildman–Crippen LogP) is 2.33. The molecule has 0 aliphatic carbocycles. The van der Waals surface area contributed by atoms with E-state index in [1.807, 2.05) is 32.0 Å². The summed E-state index contributed by atoms with van der Waals surface area (Å²) in [4.78, 5) is 17.9. The van der Waals surface area contributed by atoms with Gasteiger partial charge in [-0.2, -0.15) is 4.98 Å². The van der Waals surface area contributed by atoms with E-state index in [1.54, 1.807) is 0 Å². The minimum Gasteiger partial charge on any atom is -0.368 e. The van der Waals surface area contributed by atoms with Gasteiger partial charge in [0.15, 0.2) is 0 Å². The van der Waals surface area contributed by atoms with E-state index < -0.39 is 4.92 Å². The summed E-state index contributed by atoms with van der Waals surface area (Å²) in [6.45, 7) is 3.84. The summed E-state index contributed by atoms with van der Waals surface area (Å²) in [5.74, 6) is 0.0737. The van der Waals surface area contributed by atoms with Crippen LogP contribution in [0.2, 0.25) is 0 Å². The highest BCUT2D eigenvalue weighted by molar-refractivity contribution is 5.68. The molecule has 0 aliphatic rings. The number of nitrogen functional groups attached to an aromatic ring is 1. The van der Waals surface area contributed by atoms with E-state index in [1.165, 1.54) is 0 Å². The number of anilines is 3. The van der Waals surface area contributed by atoms with Crippen LogP contribution in [0.25, 0.3) is 0 Å². The molecule has 0 saturated heterocycles. The maximum absolute atomic E-state index is 10.9. The molecule has 0 spiro atoms. The van der Waals surface area contributed by atoms with Crippen molar-refractivity contribution in [1.82, 2.24) is 9.97 Å². The van der Waals surface area contributed by atoms with Gasteiger partial charge in [-0.15, -0.1) is 0 Å². The molecule has 1 heterocycles. The van der Waals surface area contributed by atoms with Crippen molar-refractivity contribution in [3.05, 3.63) is 45.6 Å². The molecule has 0 unspecified atom stereocenters. The minimum atomic E-state index is -0.549. The summed E-state index contributed by atoms with van der Waals surface area (Å²) in [6.07, 6.45) is 1.09. The molecule has 1 aromatic heterocycles. The van der Waals surface area contributed by atoms with Gasteiger partial charge in [-0.25, -0.2) is 4.98 Å². The summed E-state index contributed by atoms with van der Waals surface area (Å²) < 4.78 is 0. The van der Waals surface area contributed by atoms with E-state index >= 15 is 0 Å². The lowest BCUT2D eigenvalue weighted by atomic mass is 10.1. The third-order valence-corrected chi connectivity index (χ3v) is 2.63. The van der Waals surface area contributed by atoms with E-state index in [0.29, 0.717) is 0 Å². The topological polar surface area (TPSA) is 107 Å². The normalized spacial score (nSPS) is 10.2. The molecule has 2 rings (SSSR count). The number of benzene rings is 1. The maximum atomic E-state index is 10.9. The summed E-state index contributed by atoms with van der Waals surface area (Å²) in [6, 6.07) is 5.77. The Morgan fingerprint density at radius 2 is 2.11 bits per heavy atom. The summed E-state index contributed by atoms with van der Waals surface area (Å²) in [7, 11) is 0. The Balaban J connectivity index is 2.45. The molecule has 1 aromatic carbocycles. The molecule has 0 atom stereocenters. The average molecular weight is 259 g/mol. The fourth-order valence-corrected chi connectivity index (χ4v) is 1.61. The van der Waals surface area contributed by atoms with Crippen molar-refractivity contribution < 1.29 is 4.92 Å². The second kappa shape index (κ2) is 4.89. The van der Waals surface area contributed by atoms with Crippen molar-refractivity contribution in [3.8, 4) is 0 Å². The van der Waals surface area contributed by atoms with Gasteiger partial charge < -0.3 is 11.1 Å². The van der Waals surface area contributed by atoms with Crippen LogP contribution in [0, 0.1) is 24.0 Å². The molecule has 2 aromatic rings. The second-order valence-corrected chi connectivity index (χ2v) is 4.16. The lowest BCUT2D eigenvalue weighted by molar-refractivity contribution is -0.384. The summed E-state index contributed by atoms with van der Waals surface area (Å²) in [5, 5.41) is 13.9. The molecule has 7 nitrogen and oxygen atoms in total. The average Bonchev–Trinajstić information content (AvgIpc) is 2.33. The third-order valence-electron chi connectivity index (χ3n) is 2.63. The van der Waals surface area contributed by atoms with E-state index in [0.717, 1.165) is 23.0 Å². The number of aryl methyl sites for hydroxylation is 2. The summed E-state index contributed by atoms with van der Waals surface area (Å²) in [5.41, 5.74) is 8.00. The highest BCUT2D eigenvalue weighted by atomic mass is 16.6. The van der Waals surface area contributed by atoms with Crippen LogP contribution in [0.5, 0.6) is 0 Å². The number of nitrogens with two attached hydrogens (primary N) is 1. The van der Waals surface area contributed by atoms with Crippen molar-refractivity contribution in [3.63, 3.8) is 0 Å². The third kappa shape index (κ3) is 2.76. The van der Waals surface area contributed by atoms with E-state index in [2.05, 4.69) is 15.3 Å². The van der Waals surface area contributed by atoms with Gasteiger partial charge in [0.25, 0.3) is 0 Å². The Labute approximate surface area is 109 Å². The number of hydrogen-bond donors (Lipinski definition) is 2. The van der Waals surface area contributed by atoms with Crippen molar-refractivity contribution in [2.24, 2.45) is 0 Å². The van der Waals surface area contributed by atoms with Crippen molar-refractivity contribution >= 4 is 23.1 Å². The lowest BCUT2D eigenvalue weighted by Gasteiger charge is -2.10. The molecule has 19 heavy (non-hydrogen) atoms. The Hall–Kier alpha value is -2.70. The fraction of sp³-hybridized carbons (Fsp3) is 0.167. The molecule has 0 bridgehead atoms. The number of hydrogen-bond acceptors (Lipinski definition) is 6. The molecule has 7 heteroatoms. The molecule has 0 radical (unpaired) electrons. The van der Waals surface area contributed by atoms with Crippen LogP contribution < -0.4 is 11.1 Å². The molecule has 98 valence electrons. The van der Waals surface area contributed by atoms with Crippen LogP contribution in [0.15, 0.2) is 24.4 Å². The first-order chi connectivity index (χ1) is 8.97. The molecule has 0 fully saturated rings. The van der Waals surface area contributed by atoms with Crippen LogP contribution in [-0.4, -0.2) is 14.9 Å². The van der Waals surface area contributed by atoms with Crippen molar-refractivity contribution in [2.75, 3.05) is 11.1 Å². The van der Waals surface area contributed by atoms with Gasteiger partial charge >= 0.3 is 5.69 Å². The molecule has 0 saturated carbocycles. The molecule has 0 aliphatic heterocycles. The highest BCUT2D eigenvalue weighted by Crippen LogP contribution is 2.27. The van der Waals surface area contributed by atoms with Gasteiger partial charge in [0.05, 0.1) is 4.92 Å². The number of nitrogens with zero attached hydrogens (tertiary/aromatic N) is 3. The zero-order valence-electron chi connectivity index (χ0n) is 10.5. The van der Waals surface area contributed by atoms with Gasteiger partial charge in [-0.3, -0.25) is 10.1 Å². The van der Waals surface area contributed by atoms with Crippen molar-refractivity contribution in [2.45, 2.75) is 13.8 Å². The highest BCUT2D eigenvalue weighted by Gasteiger charge is 2.17. The number of aromatic nitrogens is 2. The zero-order chi connectivity index (χ0) is 14.0. The Bertz CT molecular complexity index is 642. The monoisotopic (exact) mass is 259 g/mol. The first-order valence-corrected chi connectivity index (χ1v) is 5.58. The van der Waals surface area contributed by atoms with E-state index in [4.69, 9.17) is 5.73 Å². The molecular weight excluding hydrogens is 246 g/mol. The smallest absolute Gasteiger partial charge is 0.329 e. The Kier molecular flexibility index (Phi) is 3.28. The van der Waals surface area contributed by atoms with Crippen LogP contribution in [0.3, 0.4) is 0 Å². The SMILES string of the molecule is Cc1ccc(C)c(Nc2nc(N)ncc2[N+](=O)[O-])c1. The van der Waals surface area contributed by atoms with Crippen LogP contribution in [0.4, 0.5) is 23.1 Å². The standard InChI is InChI=1S/C12H13N5O2/c1-7-3-4-8(2)9(5-7)15-11-10(17(18)19)6-14-12(13)16-11/h3-6H,1-2H3,(H3,13,14,15,16). The molecule has 0 amide bonds. The number of nitrogens with one attached hydrogen (secondary N) is 1. The lowest BCUT2D eigenvalue weighted by Crippen LogP contribution is -2.04. The quantitative estimate of drug-likeness (QED) is 0.647. The number of nitro groups is 1. The van der Waals surface area contributed by atoms with Gasteiger partial charge in [0.2, 0.25) is 11.8 Å². The largest absolute Gasteiger partial charge is 0.368 e. The second-order valence-electron chi connectivity index (χ2n) is 4.16. The van der Waals surface area contributed by atoms with Crippen LogP contribution in [-0.2, 0) is 0 Å².